The normalized spacial score (nSPS) is 21.9. The van der Waals surface area contributed by atoms with E-state index < -0.39 is 0 Å². The second-order valence-electron chi connectivity index (χ2n) is 6.34. The molecule has 2 aliphatic rings. The number of thioether (sulfide) groups is 1. The SMILES string of the molecule is CN1C(=O)[C@H](CC(=O)NCC2CCCCC2)Sc2ncccc21. The summed E-state index contributed by atoms with van der Waals surface area (Å²) in [5.74, 6) is 0.546. The highest BCUT2D eigenvalue weighted by atomic mass is 32.2. The van der Waals surface area contributed by atoms with E-state index in [1.807, 2.05) is 12.1 Å². The minimum Gasteiger partial charge on any atom is -0.356 e. The summed E-state index contributed by atoms with van der Waals surface area (Å²) in [6.07, 6.45) is 8.20. The number of amides is 2. The molecular formula is C17H23N3O2S. The predicted octanol–water partition coefficient (Wildman–Crippen LogP) is 2.61. The van der Waals surface area contributed by atoms with Crippen molar-refractivity contribution in [3.63, 3.8) is 0 Å². The third kappa shape index (κ3) is 3.86. The number of aromatic nitrogens is 1. The van der Waals surface area contributed by atoms with Crippen LogP contribution in [0.15, 0.2) is 23.4 Å². The van der Waals surface area contributed by atoms with Crippen molar-refractivity contribution < 1.29 is 9.59 Å². The van der Waals surface area contributed by atoms with Gasteiger partial charge in [0.2, 0.25) is 11.8 Å². The number of hydrogen-bond donors (Lipinski definition) is 1. The summed E-state index contributed by atoms with van der Waals surface area (Å²) in [5, 5.41) is 3.45. The van der Waals surface area contributed by atoms with Crippen LogP contribution in [0, 0.1) is 5.92 Å². The first kappa shape index (κ1) is 16.3. The Balaban J connectivity index is 1.55. The first-order chi connectivity index (χ1) is 11.1. The van der Waals surface area contributed by atoms with Crippen LogP contribution in [0.4, 0.5) is 5.69 Å². The van der Waals surface area contributed by atoms with Crippen LogP contribution in [0.1, 0.15) is 38.5 Å². The molecule has 1 aliphatic heterocycles. The molecule has 1 aromatic heterocycles. The zero-order valence-corrected chi connectivity index (χ0v) is 14.3. The zero-order chi connectivity index (χ0) is 16.2. The third-order valence-electron chi connectivity index (χ3n) is 4.66. The van der Waals surface area contributed by atoms with Gasteiger partial charge >= 0.3 is 0 Å². The molecule has 5 nitrogen and oxygen atoms in total. The van der Waals surface area contributed by atoms with Gasteiger partial charge in [0.25, 0.3) is 0 Å². The van der Waals surface area contributed by atoms with Crippen LogP contribution in [-0.2, 0) is 9.59 Å². The van der Waals surface area contributed by atoms with Crippen molar-refractivity contribution in [1.29, 1.82) is 0 Å². The van der Waals surface area contributed by atoms with Crippen LogP contribution < -0.4 is 10.2 Å². The molecule has 1 aromatic rings. The molecular weight excluding hydrogens is 310 g/mol. The van der Waals surface area contributed by atoms with Gasteiger partial charge in [-0.05, 0) is 30.9 Å². The van der Waals surface area contributed by atoms with E-state index in [4.69, 9.17) is 0 Å². The number of hydrogen-bond acceptors (Lipinski definition) is 4. The number of pyridine rings is 1. The van der Waals surface area contributed by atoms with Crippen LogP contribution >= 0.6 is 11.8 Å². The van der Waals surface area contributed by atoms with Gasteiger partial charge in [-0.3, -0.25) is 9.59 Å². The maximum atomic E-state index is 12.4. The highest BCUT2D eigenvalue weighted by Crippen LogP contribution is 2.37. The summed E-state index contributed by atoms with van der Waals surface area (Å²) in [5.41, 5.74) is 0.821. The molecule has 2 amide bonds. The quantitative estimate of drug-likeness (QED) is 0.920. The number of rotatable bonds is 4. The fourth-order valence-corrected chi connectivity index (χ4v) is 4.48. The summed E-state index contributed by atoms with van der Waals surface area (Å²) >= 11 is 1.40. The number of nitrogens with zero attached hydrogens (tertiary/aromatic N) is 2. The molecule has 0 spiro atoms. The van der Waals surface area contributed by atoms with Gasteiger partial charge in [-0.2, -0.15) is 0 Å². The van der Waals surface area contributed by atoms with E-state index >= 15 is 0 Å². The lowest BCUT2D eigenvalue weighted by Crippen LogP contribution is -2.41. The second kappa shape index (κ2) is 7.34. The molecule has 1 N–H and O–H groups in total. The van der Waals surface area contributed by atoms with Crippen LogP contribution in [0.5, 0.6) is 0 Å². The number of carbonyl (C=O) groups excluding carboxylic acids is 2. The van der Waals surface area contributed by atoms with E-state index in [0.717, 1.165) is 17.3 Å². The number of fused-ring (bicyclic) bond motifs is 1. The van der Waals surface area contributed by atoms with Crippen LogP contribution in [0.3, 0.4) is 0 Å². The molecule has 2 heterocycles. The molecule has 1 atom stereocenters. The molecule has 1 fully saturated rings. The zero-order valence-electron chi connectivity index (χ0n) is 13.5. The maximum Gasteiger partial charge on any atom is 0.240 e. The summed E-state index contributed by atoms with van der Waals surface area (Å²) in [4.78, 5) is 30.6. The van der Waals surface area contributed by atoms with Crippen molar-refractivity contribution >= 4 is 29.3 Å². The van der Waals surface area contributed by atoms with Gasteiger partial charge in [0.1, 0.15) is 5.03 Å². The number of nitrogens with one attached hydrogen (secondary N) is 1. The standard InChI is InChI=1S/C17H23N3O2S/c1-20-13-8-5-9-18-16(13)23-14(17(20)22)10-15(21)19-11-12-6-3-2-4-7-12/h5,8-9,12,14H,2-4,6-7,10-11H2,1H3,(H,19,21)/t14-/m0/s1. The lowest BCUT2D eigenvalue weighted by Gasteiger charge is -2.30. The Hall–Kier alpha value is -1.56. The van der Waals surface area contributed by atoms with Crippen LogP contribution in [0.2, 0.25) is 0 Å². The second-order valence-corrected chi connectivity index (χ2v) is 7.54. The molecule has 0 radical (unpaired) electrons. The summed E-state index contributed by atoms with van der Waals surface area (Å²) in [6, 6.07) is 3.70. The highest BCUT2D eigenvalue weighted by Gasteiger charge is 2.33. The van der Waals surface area contributed by atoms with Crippen LogP contribution in [-0.4, -0.2) is 35.6 Å². The van der Waals surface area contributed by atoms with Crippen molar-refractivity contribution in [2.45, 2.75) is 48.8 Å². The monoisotopic (exact) mass is 333 g/mol. The van der Waals surface area contributed by atoms with E-state index in [1.165, 1.54) is 43.9 Å². The van der Waals surface area contributed by atoms with E-state index in [1.54, 1.807) is 18.1 Å². The topological polar surface area (TPSA) is 62.3 Å². The minimum absolute atomic E-state index is 0.0247. The molecule has 0 aromatic carbocycles. The first-order valence-electron chi connectivity index (χ1n) is 8.31. The van der Waals surface area contributed by atoms with Gasteiger partial charge < -0.3 is 10.2 Å². The Kier molecular flexibility index (Phi) is 5.20. The average Bonchev–Trinajstić information content (AvgIpc) is 2.58. The molecule has 0 saturated heterocycles. The molecule has 3 rings (SSSR count). The number of anilines is 1. The molecule has 0 bridgehead atoms. The third-order valence-corrected chi connectivity index (χ3v) is 5.85. The van der Waals surface area contributed by atoms with Gasteiger partial charge in [-0.1, -0.05) is 31.0 Å². The van der Waals surface area contributed by atoms with E-state index in [-0.39, 0.29) is 23.5 Å². The molecule has 23 heavy (non-hydrogen) atoms. The summed E-state index contributed by atoms with van der Waals surface area (Å²) in [6.45, 7) is 0.745. The Morgan fingerprint density at radius 3 is 2.96 bits per heavy atom. The summed E-state index contributed by atoms with van der Waals surface area (Å²) in [7, 11) is 1.75. The van der Waals surface area contributed by atoms with Crippen molar-refractivity contribution in [3.05, 3.63) is 18.3 Å². The fraction of sp³-hybridized carbons (Fsp3) is 0.588. The Morgan fingerprint density at radius 1 is 1.39 bits per heavy atom. The molecule has 124 valence electrons. The largest absolute Gasteiger partial charge is 0.356 e. The Labute approximate surface area is 141 Å². The van der Waals surface area contributed by atoms with Gasteiger partial charge in [-0.25, -0.2) is 4.98 Å². The highest BCUT2D eigenvalue weighted by molar-refractivity contribution is 8.00. The summed E-state index contributed by atoms with van der Waals surface area (Å²) < 4.78 is 0. The molecule has 6 heteroatoms. The first-order valence-corrected chi connectivity index (χ1v) is 9.19. The van der Waals surface area contributed by atoms with Gasteiger partial charge in [0.15, 0.2) is 0 Å². The van der Waals surface area contributed by atoms with Gasteiger partial charge in [0.05, 0.1) is 10.9 Å². The number of carbonyl (C=O) groups is 2. The fourth-order valence-electron chi connectivity index (χ4n) is 3.27. The van der Waals surface area contributed by atoms with Crippen LogP contribution in [0.25, 0.3) is 0 Å². The van der Waals surface area contributed by atoms with Crippen molar-refractivity contribution in [2.75, 3.05) is 18.5 Å². The lowest BCUT2D eigenvalue weighted by atomic mass is 9.89. The molecule has 1 saturated carbocycles. The molecule has 0 unspecified atom stereocenters. The van der Waals surface area contributed by atoms with E-state index in [2.05, 4.69) is 10.3 Å². The Bertz CT molecular complexity index is 587. The lowest BCUT2D eigenvalue weighted by molar-refractivity contribution is -0.124. The van der Waals surface area contributed by atoms with Crippen molar-refractivity contribution in [2.24, 2.45) is 5.92 Å². The minimum atomic E-state index is -0.381. The average molecular weight is 333 g/mol. The van der Waals surface area contributed by atoms with E-state index in [0.29, 0.717) is 5.92 Å². The van der Waals surface area contributed by atoms with Gasteiger partial charge in [0, 0.05) is 26.2 Å². The molecule has 1 aliphatic carbocycles. The van der Waals surface area contributed by atoms with Gasteiger partial charge in [-0.15, -0.1) is 0 Å². The van der Waals surface area contributed by atoms with Crippen molar-refractivity contribution in [3.8, 4) is 0 Å². The Morgan fingerprint density at radius 2 is 2.17 bits per heavy atom. The van der Waals surface area contributed by atoms with E-state index in [9.17, 15) is 9.59 Å². The van der Waals surface area contributed by atoms with Crippen molar-refractivity contribution in [1.82, 2.24) is 10.3 Å². The smallest absolute Gasteiger partial charge is 0.240 e. The predicted molar refractivity (Wildman–Crippen MR) is 91.5 cm³/mol. The maximum absolute atomic E-state index is 12.4.